The molecule has 0 amide bonds. The molecule has 0 fully saturated rings. The zero-order chi connectivity index (χ0) is 9.14. The number of aryl methyl sites for hydroxylation is 1. The minimum atomic E-state index is 0.666. The highest BCUT2D eigenvalue weighted by Crippen LogP contribution is 2.11. The van der Waals surface area contributed by atoms with E-state index in [1.807, 2.05) is 0 Å². The largest absolute Gasteiger partial charge is 0.345 e. The summed E-state index contributed by atoms with van der Waals surface area (Å²) >= 11 is 4.17. The van der Waals surface area contributed by atoms with Crippen molar-refractivity contribution in [3.8, 4) is 0 Å². The Balaban J connectivity index is 2.77. The summed E-state index contributed by atoms with van der Waals surface area (Å²) in [6.45, 7) is 6.47. The van der Waals surface area contributed by atoms with Crippen LogP contribution in [-0.2, 0) is 12.2 Å². The van der Waals surface area contributed by atoms with Crippen LogP contribution in [0.4, 0.5) is 0 Å². The molecule has 0 radical (unpaired) electrons. The third-order valence-electron chi connectivity index (χ3n) is 1.79. The molecule has 12 heavy (non-hydrogen) atoms. The Morgan fingerprint density at radius 3 is 2.58 bits per heavy atom. The summed E-state index contributed by atoms with van der Waals surface area (Å²) in [6.07, 6.45) is 1.05. The molecule has 0 atom stereocenters. The highest BCUT2D eigenvalue weighted by atomic mass is 32.1. The predicted molar refractivity (Wildman–Crippen MR) is 54.6 cm³/mol. The van der Waals surface area contributed by atoms with Crippen molar-refractivity contribution in [2.75, 3.05) is 0 Å². The van der Waals surface area contributed by atoms with Crippen LogP contribution in [0.15, 0.2) is 0 Å². The van der Waals surface area contributed by atoms with E-state index in [-0.39, 0.29) is 0 Å². The Bertz CT molecular complexity index is 253. The van der Waals surface area contributed by atoms with Gasteiger partial charge in [-0.15, -0.1) is 0 Å². The number of rotatable bonds is 3. The third-order valence-corrected chi connectivity index (χ3v) is 2.09. The lowest BCUT2D eigenvalue weighted by molar-refractivity contribution is 0.634. The first-order valence-corrected chi connectivity index (χ1v) is 4.92. The highest BCUT2D eigenvalue weighted by molar-refractivity contribution is 7.79. The summed E-state index contributed by atoms with van der Waals surface area (Å²) in [7, 11) is 0. The van der Waals surface area contributed by atoms with Gasteiger partial charge in [0, 0.05) is 11.4 Å². The van der Waals surface area contributed by atoms with Crippen LogP contribution in [-0.4, -0.2) is 9.97 Å². The van der Waals surface area contributed by atoms with Crippen LogP contribution in [0, 0.1) is 12.8 Å². The van der Waals surface area contributed by atoms with Gasteiger partial charge in [-0.25, -0.2) is 4.98 Å². The molecule has 0 aliphatic rings. The lowest BCUT2D eigenvalue weighted by Crippen LogP contribution is -1.96. The first-order chi connectivity index (χ1) is 5.63. The Kier molecular flexibility index (Phi) is 3.20. The average molecular weight is 184 g/mol. The van der Waals surface area contributed by atoms with Crippen LogP contribution in [0.5, 0.6) is 0 Å². The van der Waals surface area contributed by atoms with Gasteiger partial charge in [0.25, 0.3) is 0 Å². The van der Waals surface area contributed by atoms with E-state index in [4.69, 9.17) is 0 Å². The van der Waals surface area contributed by atoms with E-state index in [2.05, 4.69) is 43.4 Å². The first-order valence-electron chi connectivity index (χ1n) is 4.28. The first kappa shape index (κ1) is 9.65. The number of thiol groups is 1. The van der Waals surface area contributed by atoms with Crippen molar-refractivity contribution in [2.24, 2.45) is 5.92 Å². The smallest absolute Gasteiger partial charge is 0.116 e. The summed E-state index contributed by atoms with van der Waals surface area (Å²) < 4.78 is 0. The van der Waals surface area contributed by atoms with Crippen molar-refractivity contribution >= 4 is 12.6 Å². The van der Waals surface area contributed by atoms with Crippen molar-refractivity contribution in [1.82, 2.24) is 9.97 Å². The topological polar surface area (TPSA) is 28.7 Å². The van der Waals surface area contributed by atoms with Gasteiger partial charge in [0.2, 0.25) is 0 Å². The van der Waals surface area contributed by atoms with E-state index in [0.717, 1.165) is 12.2 Å². The number of hydrogen-bond acceptors (Lipinski definition) is 2. The Morgan fingerprint density at radius 1 is 1.50 bits per heavy atom. The van der Waals surface area contributed by atoms with Crippen LogP contribution < -0.4 is 0 Å². The molecular weight excluding hydrogens is 168 g/mol. The normalized spacial score (nSPS) is 11.1. The fourth-order valence-corrected chi connectivity index (χ4v) is 1.37. The summed E-state index contributed by atoms with van der Waals surface area (Å²) in [5.74, 6) is 2.34. The number of imidazole rings is 1. The fourth-order valence-electron chi connectivity index (χ4n) is 1.22. The fraction of sp³-hybridized carbons (Fsp3) is 0.667. The quantitative estimate of drug-likeness (QED) is 0.694. The zero-order valence-electron chi connectivity index (χ0n) is 7.89. The molecule has 3 heteroatoms. The lowest BCUT2D eigenvalue weighted by Gasteiger charge is -2.00. The van der Waals surface area contributed by atoms with Crippen molar-refractivity contribution in [1.29, 1.82) is 0 Å². The third kappa shape index (κ3) is 2.27. The molecule has 0 aromatic carbocycles. The van der Waals surface area contributed by atoms with Crippen LogP contribution in [0.3, 0.4) is 0 Å². The van der Waals surface area contributed by atoms with Gasteiger partial charge in [0.15, 0.2) is 0 Å². The van der Waals surface area contributed by atoms with Crippen LogP contribution >= 0.6 is 12.6 Å². The van der Waals surface area contributed by atoms with Gasteiger partial charge in [-0.2, -0.15) is 12.6 Å². The number of aromatic amines is 1. The maximum atomic E-state index is 4.44. The van der Waals surface area contributed by atoms with Crippen molar-refractivity contribution in [3.05, 3.63) is 17.2 Å². The monoisotopic (exact) mass is 184 g/mol. The molecule has 0 saturated heterocycles. The van der Waals surface area contributed by atoms with Gasteiger partial charge in [-0.3, -0.25) is 0 Å². The SMILES string of the molecule is Cc1[nH]c(CS)nc1CC(C)C. The molecular formula is C9H16N2S. The van der Waals surface area contributed by atoms with Crippen molar-refractivity contribution in [3.63, 3.8) is 0 Å². The van der Waals surface area contributed by atoms with Crippen molar-refractivity contribution < 1.29 is 0 Å². The van der Waals surface area contributed by atoms with E-state index >= 15 is 0 Å². The Labute approximate surface area is 79.2 Å². The maximum Gasteiger partial charge on any atom is 0.116 e. The molecule has 1 aromatic heterocycles. The second-order valence-electron chi connectivity index (χ2n) is 3.51. The van der Waals surface area contributed by atoms with Gasteiger partial charge < -0.3 is 4.98 Å². The summed E-state index contributed by atoms with van der Waals surface area (Å²) in [6, 6.07) is 0. The van der Waals surface area contributed by atoms with Gasteiger partial charge in [-0.1, -0.05) is 13.8 Å². The molecule has 0 aliphatic carbocycles. The van der Waals surface area contributed by atoms with Gasteiger partial charge in [0.05, 0.1) is 5.69 Å². The number of nitrogens with zero attached hydrogens (tertiary/aromatic N) is 1. The molecule has 0 unspecified atom stereocenters. The summed E-state index contributed by atoms with van der Waals surface area (Å²) in [4.78, 5) is 7.65. The number of H-pyrrole nitrogens is 1. The van der Waals surface area contributed by atoms with Crippen molar-refractivity contribution in [2.45, 2.75) is 32.9 Å². The minimum Gasteiger partial charge on any atom is -0.345 e. The molecule has 1 rings (SSSR count). The maximum absolute atomic E-state index is 4.44. The molecule has 0 aliphatic heterocycles. The van der Waals surface area contributed by atoms with E-state index < -0.39 is 0 Å². The molecule has 1 aromatic rings. The molecule has 1 N–H and O–H groups in total. The second-order valence-corrected chi connectivity index (χ2v) is 3.83. The van der Waals surface area contributed by atoms with Crippen LogP contribution in [0.25, 0.3) is 0 Å². The van der Waals surface area contributed by atoms with E-state index in [9.17, 15) is 0 Å². The number of hydrogen-bond donors (Lipinski definition) is 2. The molecule has 0 saturated carbocycles. The molecule has 1 heterocycles. The summed E-state index contributed by atoms with van der Waals surface area (Å²) in [5.41, 5.74) is 2.38. The van der Waals surface area contributed by atoms with Crippen LogP contribution in [0.2, 0.25) is 0 Å². The predicted octanol–water partition coefficient (Wildman–Crippen LogP) is 2.35. The Hall–Kier alpha value is -0.440. The zero-order valence-corrected chi connectivity index (χ0v) is 8.78. The van der Waals surface area contributed by atoms with Gasteiger partial charge in [0.1, 0.15) is 5.82 Å². The highest BCUT2D eigenvalue weighted by Gasteiger charge is 2.06. The summed E-state index contributed by atoms with van der Waals surface area (Å²) in [5, 5.41) is 0. The molecule has 68 valence electrons. The lowest BCUT2D eigenvalue weighted by atomic mass is 10.1. The van der Waals surface area contributed by atoms with Gasteiger partial charge >= 0.3 is 0 Å². The number of nitrogens with one attached hydrogen (secondary N) is 1. The Morgan fingerprint density at radius 2 is 2.17 bits per heavy atom. The number of aromatic nitrogens is 2. The van der Waals surface area contributed by atoms with Gasteiger partial charge in [-0.05, 0) is 19.3 Å². The average Bonchev–Trinajstić information content (AvgIpc) is 2.31. The second kappa shape index (κ2) is 3.99. The molecule has 0 spiro atoms. The van der Waals surface area contributed by atoms with Crippen LogP contribution in [0.1, 0.15) is 31.1 Å². The standard InChI is InChI=1S/C9H16N2S/c1-6(2)4-8-7(3)10-9(5-12)11-8/h6,12H,4-5H2,1-3H3,(H,10,11). The molecule has 0 bridgehead atoms. The minimum absolute atomic E-state index is 0.666. The molecule has 2 nitrogen and oxygen atoms in total. The van der Waals surface area contributed by atoms with E-state index in [0.29, 0.717) is 11.7 Å². The van der Waals surface area contributed by atoms with E-state index in [1.165, 1.54) is 11.4 Å². The van der Waals surface area contributed by atoms with E-state index in [1.54, 1.807) is 0 Å².